The SMILES string of the molecule is CCCNc1ncccc1CN1CCOCC1CO. The highest BCUT2D eigenvalue weighted by molar-refractivity contribution is 5.43. The number of pyridine rings is 1. The van der Waals surface area contributed by atoms with E-state index in [-0.39, 0.29) is 12.6 Å². The second-order valence-corrected chi connectivity index (χ2v) is 4.82. The minimum atomic E-state index is 0.0907. The van der Waals surface area contributed by atoms with Crippen LogP contribution in [0.5, 0.6) is 0 Å². The normalized spacial score (nSPS) is 20.4. The molecule has 1 unspecified atom stereocenters. The van der Waals surface area contributed by atoms with E-state index in [1.165, 1.54) is 5.56 Å². The summed E-state index contributed by atoms with van der Waals surface area (Å²) in [6, 6.07) is 4.14. The van der Waals surface area contributed by atoms with Gasteiger partial charge in [0.2, 0.25) is 0 Å². The average molecular weight is 265 g/mol. The van der Waals surface area contributed by atoms with Crippen LogP contribution >= 0.6 is 0 Å². The molecule has 0 aliphatic carbocycles. The Labute approximate surface area is 114 Å². The van der Waals surface area contributed by atoms with Gasteiger partial charge < -0.3 is 15.2 Å². The molecule has 0 amide bonds. The summed E-state index contributed by atoms with van der Waals surface area (Å²) in [5.41, 5.74) is 1.18. The largest absolute Gasteiger partial charge is 0.395 e. The maximum atomic E-state index is 9.40. The van der Waals surface area contributed by atoms with E-state index in [2.05, 4.69) is 28.2 Å². The lowest BCUT2D eigenvalue weighted by Crippen LogP contribution is -2.46. The van der Waals surface area contributed by atoms with E-state index in [4.69, 9.17) is 4.74 Å². The summed E-state index contributed by atoms with van der Waals surface area (Å²) >= 11 is 0. The van der Waals surface area contributed by atoms with Gasteiger partial charge in [0.15, 0.2) is 0 Å². The van der Waals surface area contributed by atoms with Crippen LogP contribution in [-0.4, -0.2) is 53.9 Å². The Bertz CT molecular complexity index is 387. The summed E-state index contributed by atoms with van der Waals surface area (Å²) in [7, 11) is 0. The molecule has 2 heterocycles. The number of nitrogens with one attached hydrogen (secondary N) is 1. The maximum Gasteiger partial charge on any atom is 0.130 e. The zero-order valence-corrected chi connectivity index (χ0v) is 11.5. The van der Waals surface area contributed by atoms with Crippen molar-refractivity contribution in [3.63, 3.8) is 0 Å². The lowest BCUT2D eigenvalue weighted by atomic mass is 10.1. The average Bonchev–Trinajstić information content (AvgIpc) is 2.47. The molecule has 1 fully saturated rings. The number of ether oxygens (including phenoxy) is 1. The van der Waals surface area contributed by atoms with Gasteiger partial charge in [0, 0.05) is 31.4 Å². The number of nitrogens with zero attached hydrogens (tertiary/aromatic N) is 2. The van der Waals surface area contributed by atoms with Crippen molar-refractivity contribution in [1.82, 2.24) is 9.88 Å². The summed E-state index contributed by atoms with van der Waals surface area (Å²) in [4.78, 5) is 6.66. The van der Waals surface area contributed by atoms with E-state index in [1.54, 1.807) is 0 Å². The van der Waals surface area contributed by atoms with Crippen molar-refractivity contribution in [3.8, 4) is 0 Å². The van der Waals surface area contributed by atoms with Gasteiger partial charge in [0.1, 0.15) is 5.82 Å². The van der Waals surface area contributed by atoms with Crippen LogP contribution in [0, 0.1) is 0 Å². The molecule has 5 heteroatoms. The van der Waals surface area contributed by atoms with Gasteiger partial charge >= 0.3 is 0 Å². The van der Waals surface area contributed by atoms with Gasteiger partial charge in [0.25, 0.3) is 0 Å². The second-order valence-electron chi connectivity index (χ2n) is 4.82. The molecule has 1 aliphatic rings. The first kappa shape index (κ1) is 14.2. The smallest absolute Gasteiger partial charge is 0.130 e. The van der Waals surface area contributed by atoms with Crippen molar-refractivity contribution >= 4 is 5.82 Å². The van der Waals surface area contributed by atoms with E-state index in [0.29, 0.717) is 6.61 Å². The molecule has 5 nitrogen and oxygen atoms in total. The summed E-state index contributed by atoms with van der Waals surface area (Å²) < 4.78 is 5.40. The number of aromatic nitrogens is 1. The zero-order valence-electron chi connectivity index (χ0n) is 11.5. The number of morpholine rings is 1. The standard InChI is InChI=1S/C14H23N3O2/c1-2-5-15-14-12(4-3-6-16-14)9-17-7-8-19-11-13(17)10-18/h3-4,6,13,18H,2,5,7-11H2,1H3,(H,15,16). The summed E-state index contributed by atoms with van der Waals surface area (Å²) in [6.07, 6.45) is 2.89. The van der Waals surface area contributed by atoms with E-state index in [0.717, 1.165) is 38.5 Å². The number of aliphatic hydroxyl groups excluding tert-OH is 1. The molecule has 106 valence electrons. The van der Waals surface area contributed by atoms with Crippen molar-refractivity contribution in [3.05, 3.63) is 23.9 Å². The van der Waals surface area contributed by atoms with Crippen LogP contribution in [0.15, 0.2) is 18.3 Å². The third kappa shape index (κ3) is 3.89. The van der Waals surface area contributed by atoms with E-state index < -0.39 is 0 Å². The van der Waals surface area contributed by atoms with E-state index in [9.17, 15) is 5.11 Å². The molecule has 0 bridgehead atoms. The molecule has 1 aromatic rings. The first-order chi connectivity index (χ1) is 9.35. The second kappa shape index (κ2) is 7.43. The van der Waals surface area contributed by atoms with Gasteiger partial charge in [-0.25, -0.2) is 4.98 Å². The predicted octanol–water partition coefficient (Wildman–Crippen LogP) is 1.10. The molecular weight excluding hydrogens is 242 g/mol. The van der Waals surface area contributed by atoms with Crippen LogP contribution in [0.4, 0.5) is 5.82 Å². The van der Waals surface area contributed by atoms with E-state index in [1.807, 2.05) is 12.3 Å². The van der Waals surface area contributed by atoms with Crippen molar-refractivity contribution in [2.24, 2.45) is 0 Å². The lowest BCUT2D eigenvalue weighted by molar-refractivity contribution is -0.0312. The van der Waals surface area contributed by atoms with Crippen molar-refractivity contribution in [2.75, 3.05) is 38.2 Å². The van der Waals surface area contributed by atoms with Crippen molar-refractivity contribution < 1.29 is 9.84 Å². The van der Waals surface area contributed by atoms with Gasteiger partial charge in [-0.05, 0) is 12.5 Å². The summed E-state index contributed by atoms with van der Waals surface area (Å²) in [6.45, 7) is 6.19. The van der Waals surface area contributed by atoms with Gasteiger partial charge in [-0.3, -0.25) is 4.90 Å². The fraction of sp³-hybridized carbons (Fsp3) is 0.643. The number of rotatable bonds is 6. The van der Waals surface area contributed by atoms with Crippen LogP contribution in [0.25, 0.3) is 0 Å². The number of anilines is 1. The number of hydrogen-bond acceptors (Lipinski definition) is 5. The first-order valence-corrected chi connectivity index (χ1v) is 6.95. The lowest BCUT2D eigenvalue weighted by Gasteiger charge is -2.34. The molecule has 0 radical (unpaired) electrons. The highest BCUT2D eigenvalue weighted by atomic mass is 16.5. The van der Waals surface area contributed by atoms with Gasteiger partial charge in [-0.1, -0.05) is 13.0 Å². The molecule has 1 saturated heterocycles. The first-order valence-electron chi connectivity index (χ1n) is 6.95. The minimum Gasteiger partial charge on any atom is -0.395 e. The number of hydrogen-bond donors (Lipinski definition) is 2. The molecule has 19 heavy (non-hydrogen) atoms. The molecule has 1 aromatic heterocycles. The third-order valence-corrected chi connectivity index (χ3v) is 3.37. The monoisotopic (exact) mass is 265 g/mol. The van der Waals surface area contributed by atoms with Crippen LogP contribution in [0.2, 0.25) is 0 Å². The molecule has 0 saturated carbocycles. The van der Waals surface area contributed by atoms with Crippen LogP contribution in [0.1, 0.15) is 18.9 Å². The summed E-state index contributed by atoms with van der Waals surface area (Å²) in [5, 5.41) is 12.8. The summed E-state index contributed by atoms with van der Waals surface area (Å²) in [5.74, 6) is 0.951. The Kier molecular flexibility index (Phi) is 5.57. The molecule has 1 aliphatic heterocycles. The zero-order chi connectivity index (χ0) is 13.5. The molecule has 1 atom stereocenters. The predicted molar refractivity (Wildman–Crippen MR) is 75.1 cm³/mol. The highest BCUT2D eigenvalue weighted by Crippen LogP contribution is 2.17. The number of aliphatic hydroxyl groups is 1. The van der Waals surface area contributed by atoms with Crippen LogP contribution in [0.3, 0.4) is 0 Å². The third-order valence-electron chi connectivity index (χ3n) is 3.37. The fourth-order valence-corrected chi connectivity index (χ4v) is 2.25. The van der Waals surface area contributed by atoms with Gasteiger partial charge in [-0.2, -0.15) is 0 Å². The molecule has 2 rings (SSSR count). The Hall–Kier alpha value is -1.17. The quantitative estimate of drug-likeness (QED) is 0.806. The molecule has 0 aromatic carbocycles. The van der Waals surface area contributed by atoms with Crippen molar-refractivity contribution in [1.29, 1.82) is 0 Å². The van der Waals surface area contributed by atoms with Gasteiger partial charge in [-0.15, -0.1) is 0 Å². The molecule has 2 N–H and O–H groups in total. The Morgan fingerprint density at radius 2 is 2.47 bits per heavy atom. The van der Waals surface area contributed by atoms with Gasteiger partial charge in [0.05, 0.1) is 25.9 Å². The van der Waals surface area contributed by atoms with E-state index >= 15 is 0 Å². The minimum absolute atomic E-state index is 0.0907. The molecule has 0 spiro atoms. The van der Waals surface area contributed by atoms with Crippen molar-refractivity contribution in [2.45, 2.75) is 25.9 Å². The Balaban J connectivity index is 2.04. The topological polar surface area (TPSA) is 57.6 Å². The highest BCUT2D eigenvalue weighted by Gasteiger charge is 2.23. The van der Waals surface area contributed by atoms with Crippen LogP contribution < -0.4 is 5.32 Å². The molecular formula is C14H23N3O2. The fourth-order valence-electron chi connectivity index (χ4n) is 2.25. The Morgan fingerprint density at radius 1 is 1.58 bits per heavy atom. The van der Waals surface area contributed by atoms with Crippen LogP contribution in [-0.2, 0) is 11.3 Å². The Morgan fingerprint density at radius 3 is 3.26 bits per heavy atom. The maximum absolute atomic E-state index is 9.40.